The van der Waals surface area contributed by atoms with Crippen LogP contribution < -0.4 is 16.4 Å². The quantitative estimate of drug-likeness (QED) is 0.676. The Morgan fingerprint density at radius 2 is 2.10 bits per heavy atom. The van der Waals surface area contributed by atoms with Gasteiger partial charge in [0.2, 0.25) is 0 Å². The maximum Gasteiger partial charge on any atom is 0.140 e. The summed E-state index contributed by atoms with van der Waals surface area (Å²) in [6, 6.07) is 11.7. The van der Waals surface area contributed by atoms with Gasteiger partial charge < -0.3 is 20.8 Å². The maximum atomic E-state index is 6.04. The van der Waals surface area contributed by atoms with Crippen LogP contribution in [-0.4, -0.2) is 6.54 Å². The summed E-state index contributed by atoms with van der Waals surface area (Å²) in [5, 5.41) is 6.55. The van der Waals surface area contributed by atoms with Gasteiger partial charge in [-0.25, -0.2) is 0 Å². The molecule has 106 valence electrons. The topological polar surface area (TPSA) is 63.2 Å². The second-order valence-corrected chi connectivity index (χ2v) is 4.59. The Morgan fingerprint density at radius 1 is 1.30 bits per heavy atom. The number of para-hydroxylation sites is 1. The Bertz CT molecular complexity index is 549. The second-order valence-electron chi connectivity index (χ2n) is 4.59. The molecule has 4 heteroatoms. The minimum absolute atomic E-state index is 0.406. The van der Waals surface area contributed by atoms with E-state index in [1.807, 2.05) is 36.4 Å². The molecule has 1 unspecified atom stereocenters. The lowest BCUT2D eigenvalue weighted by Gasteiger charge is -2.18. The van der Waals surface area contributed by atoms with Crippen LogP contribution in [0.2, 0.25) is 0 Å². The Balaban J connectivity index is 2.09. The van der Waals surface area contributed by atoms with Gasteiger partial charge in [-0.15, -0.1) is 0 Å². The van der Waals surface area contributed by atoms with Crippen LogP contribution in [0.4, 0.5) is 5.69 Å². The SMILES string of the molecule is C=C(NC(N)c1ccco1)c1ccccc1NCCC. The average molecular weight is 271 g/mol. The summed E-state index contributed by atoms with van der Waals surface area (Å²) < 4.78 is 5.28. The van der Waals surface area contributed by atoms with Crippen molar-refractivity contribution in [2.75, 3.05) is 11.9 Å². The minimum Gasteiger partial charge on any atom is -0.466 e. The third kappa shape index (κ3) is 3.42. The number of hydrogen-bond donors (Lipinski definition) is 3. The Labute approximate surface area is 119 Å². The highest BCUT2D eigenvalue weighted by molar-refractivity contribution is 5.74. The molecule has 0 spiro atoms. The average Bonchev–Trinajstić information content (AvgIpc) is 2.99. The third-order valence-corrected chi connectivity index (χ3v) is 3.00. The molecular formula is C16H21N3O. The molecule has 2 rings (SSSR count). The van der Waals surface area contributed by atoms with E-state index in [1.54, 1.807) is 6.26 Å². The van der Waals surface area contributed by atoms with Crippen LogP contribution in [0.1, 0.15) is 30.8 Å². The Morgan fingerprint density at radius 3 is 2.80 bits per heavy atom. The van der Waals surface area contributed by atoms with E-state index in [2.05, 4.69) is 24.1 Å². The van der Waals surface area contributed by atoms with Crippen molar-refractivity contribution >= 4 is 11.4 Å². The zero-order valence-electron chi connectivity index (χ0n) is 11.7. The van der Waals surface area contributed by atoms with Crippen molar-refractivity contribution in [2.24, 2.45) is 5.73 Å². The summed E-state index contributed by atoms with van der Waals surface area (Å²) in [5.74, 6) is 0.685. The summed E-state index contributed by atoms with van der Waals surface area (Å²) in [6.07, 6.45) is 2.27. The largest absolute Gasteiger partial charge is 0.466 e. The first-order chi connectivity index (χ1) is 9.72. The highest BCUT2D eigenvalue weighted by Gasteiger charge is 2.11. The molecule has 0 aliphatic heterocycles. The second kappa shape index (κ2) is 6.82. The molecule has 0 amide bonds. The maximum absolute atomic E-state index is 6.04. The normalized spacial score (nSPS) is 11.9. The van der Waals surface area contributed by atoms with Crippen molar-refractivity contribution in [3.63, 3.8) is 0 Å². The van der Waals surface area contributed by atoms with Crippen molar-refractivity contribution in [3.05, 3.63) is 60.6 Å². The number of nitrogens with two attached hydrogens (primary N) is 1. The van der Waals surface area contributed by atoms with E-state index in [-0.39, 0.29) is 0 Å². The molecule has 4 N–H and O–H groups in total. The molecule has 20 heavy (non-hydrogen) atoms. The van der Waals surface area contributed by atoms with Crippen molar-refractivity contribution in [2.45, 2.75) is 19.5 Å². The molecule has 0 saturated heterocycles. The number of hydrogen-bond acceptors (Lipinski definition) is 4. The first-order valence-electron chi connectivity index (χ1n) is 6.80. The zero-order valence-corrected chi connectivity index (χ0v) is 11.7. The highest BCUT2D eigenvalue weighted by atomic mass is 16.3. The Kier molecular flexibility index (Phi) is 4.85. The van der Waals surface area contributed by atoms with Crippen molar-refractivity contribution < 1.29 is 4.42 Å². The van der Waals surface area contributed by atoms with Crippen LogP contribution >= 0.6 is 0 Å². The van der Waals surface area contributed by atoms with Gasteiger partial charge in [-0.2, -0.15) is 0 Å². The molecule has 2 aromatic rings. The summed E-state index contributed by atoms with van der Waals surface area (Å²) in [7, 11) is 0. The minimum atomic E-state index is -0.406. The lowest BCUT2D eigenvalue weighted by atomic mass is 10.1. The van der Waals surface area contributed by atoms with E-state index < -0.39 is 6.17 Å². The van der Waals surface area contributed by atoms with Gasteiger partial charge in [0, 0.05) is 23.5 Å². The lowest BCUT2D eigenvalue weighted by molar-refractivity contribution is 0.450. The summed E-state index contributed by atoms with van der Waals surface area (Å²) in [6.45, 7) is 7.13. The molecule has 0 bridgehead atoms. The zero-order chi connectivity index (χ0) is 14.4. The fourth-order valence-electron chi connectivity index (χ4n) is 1.96. The predicted molar refractivity (Wildman–Crippen MR) is 83.0 cm³/mol. The van der Waals surface area contributed by atoms with Gasteiger partial charge in [-0.1, -0.05) is 31.7 Å². The molecule has 1 heterocycles. The van der Waals surface area contributed by atoms with Crippen LogP contribution in [0.25, 0.3) is 5.70 Å². The first kappa shape index (κ1) is 14.2. The smallest absolute Gasteiger partial charge is 0.140 e. The van der Waals surface area contributed by atoms with E-state index in [0.717, 1.165) is 29.9 Å². The van der Waals surface area contributed by atoms with Gasteiger partial charge >= 0.3 is 0 Å². The number of rotatable bonds is 7. The molecule has 0 aliphatic carbocycles. The van der Waals surface area contributed by atoms with Crippen LogP contribution in [0.15, 0.2) is 53.7 Å². The summed E-state index contributed by atoms with van der Waals surface area (Å²) in [5.41, 5.74) is 8.88. The van der Waals surface area contributed by atoms with E-state index in [4.69, 9.17) is 10.2 Å². The molecule has 4 nitrogen and oxygen atoms in total. The summed E-state index contributed by atoms with van der Waals surface area (Å²) >= 11 is 0. The molecule has 0 aliphatic rings. The molecule has 0 saturated carbocycles. The fourth-order valence-corrected chi connectivity index (χ4v) is 1.96. The van der Waals surface area contributed by atoms with Crippen LogP contribution in [-0.2, 0) is 0 Å². The van der Waals surface area contributed by atoms with E-state index >= 15 is 0 Å². The number of nitrogens with one attached hydrogen (secondary N) is 2. The monoisotopic (exact) mass is 271 g/mol. The van der Waals surface area contributed by atoms with Crippen LogP contribution in [0.3, 0.4) is 0 Å². The van der Waals surface area contributed by atoms with E-state index in [9.17, 15) is 0 Å². The summed E-state index contributed by atoms with van der Waals surface area (Å²) in [4.78, 5) is 0. The lowest BCUT2D eigenvalue weighted by Crippen LogP contribution is -2.27. The van der Waals surface area contributed by atoms with Gasteiger partial charge in [0.15, 0.2) is 0 Å². The fraction of sp³-hybridized carbons (Fsp3) is 0.250. The van der Waals surface area contributed by atoms with Gasteiger partial charge in [0.25, 0.3) is 0 Å². The molecule has 1 aromatic carbocycles. The number of benzene rings is 1. The van der Waals surface area contributed by atoms with Crippen LogP contribution in [0.5, 0.6) is 0 Å². The molecule has 0 radical (unpaired) electrons. The van der Waals surface area contributed by atoms with Crippen molar-refractivity contribution in [3.8, 4) is 0 Å². The van der Waals surface area contributed by atoms with Crippen molar-refractivity contribution in [1.29, 1.82) is 0 Å². The third-order valence-electron chi connectivity index (χ3n) is 3.00. The van der Waals surface area contributed by atoms with Gasteiger partial charge in [-0.3, -0.25) is 0 Å². The van der Waals surface area contributed by atoms with Gasteiger partial charge in [0.1, 0.15) is 11.9 Å². The van der Waals surface area contributed by atoms with E-state index in [1.165, 1.54) is 0 Å². The van der Waals surface area contributed by atoms with Gasteiger partial charge in [-0.05, 0) is 24.6 Å². The van der Waals surface area contributed by atoms with Crippen molar-refractivity contribution in [1.82, 2.24) is 5.32 Å². The molecule has 1 aromatic heterocycles. The Hall–Kier alpha value is -2.20. The van der Waals surface area contributed by atoms with Crippen LogP contribution in [0, 0.1) is 0 Å². The molecule has 1 atom stereocenters. The highest BCUT2D eigenvalue weighted by Crippen LogP contribution is 2.22. The first-order valence-corrected chi connectivity index (χ1v) is 6.80. The standard InChI is InChI=1S/C16H21N3O/c1-3-10-18-14-8-5-4-7-13(14)12(2)19-16(17)15-9-6-11-20-15/h4-9,11,16,18-19H,2-3,10,17H2,1H3. The van der Waals surface area contributed by atoms with Gasteiger partial charge in [0.05, 0.1) is 6.26 Å². The molecule has 0 fully saturated rings. The molecular weight excluding hydrogens is 250 g/mol. The number of furan rings is 1. The van der Waals surface area contributed by atoms with E-state index in [0.29, 0.717) is 5.76 Å². The number of anilines is 1. The predicted octanol–water partition coefficient (Wildman–Crippen LogP) is 3.32.